The monoisotopic (exact) mass is 480 g/mol. The zero-order valence-corrected chi connectivity index (χ0v) is 19.6. The Morgan fingerprint density at radius 2 is 2.08 bits per heavy atom. The van der Waals surface area contributed by atoms with E-state index in [1.54, 1.807) is 24.7 Å². The highest BCUT2D eigenvalue weighted by Crippen LogP contribution is 2.23. The molecular formula is C28H25N7O. The maximum atomic E-state index is 13.3. The number of aromatic amines is 1. The standard InChI is InChI=1S/C28H25N7O/c1-18-11-23(14-24(12-18)35-16-20(3)31-17-35)32-27(36)21-7-6-19(2)26(13-21)34-28-30-10-8-25(33-28)22-5-4-9-29-15-22/h4-17H,1-3H3,(H,32,36)(H,30,33,34)/i2D3,8D,10D. The van der Waals surface area contributed by atoms with Crippen molar-refractivity contribution in [1.82, 2.24) is 24.5 Å². The molecule has 0 bridgehead atoms. The van der Waals surface area contributed by atoms with E-state index in [2.05, 4.69) is 30.2 Å². The van der Waals surface area contributed by atoms with Gasteiger partial charge in [0.25, 0.3) is 5.91 Å². The number of anilines is 1. The number of carbonyl (C=O) groups is 1. The Hall–Kier alpha value is -4.85. The molecule has 8 heteroatoms. The Kier molecular flexibility index (Phi) is 4.78. The van der Waals surface area contributed by atoms with Crippen molar-refractivity contribution in [3.05, 3.63) is 114 Å². The van der Waals surface area contributed by atoms with E-state index in [0.29, 0.717) is 11.3 Å². The number of carbonyl (C=O) groups excluding carboxylic acids is 1. The van der Waals surface area contributed by atoms with Gasteiger partial charge < -0.3 is 14.9 Å². The summed E-state index contributed by atoms with van der Waals surface area (Å²) < 4.78 is 42.2. The number of hydrogen-bond donors (Lipinski definition) is 2. The molecule has 0 fully saturated rings. The van der Waals surface area contributed by atoms with E-state index >= 15 is 0 Å². The molecule has 3 aromatic heterocycles. The Bertz CT molecular complexity index is 1830. The van der Waals surface area contributed by atoms with Crippen molar-refractivity contribution in [1.29, 1.82) is 0 Å². The Morgan fingerprint density at radius 1 is 1.17 bits per heavy atom. The first-order chi connectivity index (χ1) is 19.5. The third kappa shape index (κ3) is 5.12. The van der Waals surface area contributed by atoms with Gasteiger partial charge in [0.2, 0.25) is 5.62 Å². The fraction of sp³-hybridized carbons (Fsp3) is 0.107. The summed E-state index contributed by atoms with van der Waals surface area (Å²) >= 11 is 0. The molecule has 5 rings (SSSR count). The topological polar surface area (TPSA) is 101 Å². The molecule has 0 aliphatic heterocycles. The molecule has 0 spiro atoms. The summed E-state index contributed by atoms with van der Waals surface area (Å²) in [4.78, 5) is 32.9. The van der Waals surface area contributed by atoms with E-state index in [0.717, 1.165) is 16.9 Å². The van der Waals surface area contributed by atoms with E-state index in [-0.39, 0.29) is 40.3 Å². The summed E-state index contributed by atoms with van der Waals surface area (Å²) in [6.45, 7) is 1.27. The van der Waals surface area contributed by atoms with Gasteiger partial charge >= 0.3 is 0 Å². The number of aromatic nitrogens is 5. The van der Waals surface area contributed by atoms with Crippen molar-refractivity contribution in [2.24, 2.45) is 4.99 Å². The van der Waals surface area contributed by atoms with Crippen LogP contribution in [-0.4, -0.2) is 30.4 Å². The van der Waals surface area contributed by atoms with Gasteiger partial charge in [0, 0.05) is 51.4 Å². The van der Waals surface area contributed by atoms with Crippen LogP contribution in [0.25, 0.3) is 16.9 Å². The summed E-state index contributed by atoms with van der Waals surface area (Å²) in [5.41, 5.74) is 3.92. The van der Waals surface area contributed by atoms with Gasteiger partial charge in [0.1, 0.15) is 0 Å². The maximum absolute atomic E-state index is 13.3. The minimum atomic E-state index is -2.53. The minimum Gasteiger partial charge on any atom is -0.323 e. The lowest BCUT2D eigenvalue weighted by Gasteiger charge is -2.11. The van der Waals surface area contributed by atoms with Gasteiger partial charge in [-0.3, -0.25) is 9.78 Å². The second kappa shape index (κ2) is 9.79. The molecule has 2 N–H and O–H groups in total. The Morgan fingerprint density at radius 3 is 2.86 bits per heavy atom. The fourth-order valence-corrected chi connectivity index (χ4v) is 3.65. The van der Waals surface area contributed by atoms with Crippen LogP contribution in [0.4, 0.5) is 11.4 Å². The average molecular weight is 481 g/mol. The average Bonchev–Trinajstić information content (AvgIpc) is 3.36. The molecule has 2 aromatic carbocycles. The summed E-state index contributed by atoms with van der Waals surface area (Å²) in [6.07, 6.45) is 6.32. The van der Waals surface area contributed by atoms with Crippen molar-refractivity contribution in [2.45, 2.75) is 20.7 Å². The third-order valence-corrected chi connectivity index (χ3v) is 5.35. The van der Waals surface area contributed by atoms with E-state index in [1.807, 2.05) is 42.8 Å². The van der Waals surface area contributed by atoms with Crippen LogP contribution >= 0.6 is 0 Å². The van der Waals surface area contributed by atoms with Crippen LogP contribution in [0.2, 0.25) is 0 Å². The van der Waals surface area contributed by atoms with Gasteiger partial charge in [0.05, 0.1) is 26.1 Å². The molecular weight excluding hydrogens is 450 g/mol. The first-order valence-electron chi connectivity index (χ1n) is 13.6. The molecule has 0 radical (unpaired) electrons. The first-order valence-corrected chi connectivity index (χ1v) is 11.1. The highest BCUT2D eigenvalue weighted by molar-refractivity contribution is 6.05. The van der Waals surface area contributed by atoms with Crippen molar-refractivity contribution in [3.8, 4) is 16.9 Å². The lowest BCUT2D eigenvalue weighted by Crippen LogP contribution is -2.14. The normalized spacial score (nSPS) is 13.8. The number of rotatable bonds is 5. The summed E-state index contributed by atoms with van der Waals surface area (Å²) in [6, 6.07) is 13.0. The number of hydrogen-bond acceptors (Lipinski definition) is 5. The summed E-state index contributed by atoms with van der Waals surface area (Å²) in [7, 11) is 0. The van der Waals surface area contributed by atoms with Crippen LogP contribution < -0.4 is 10.9 Å². The van der Waals surface area contributed by atoms with Gasteiger partial charge in [-0.2, -0.15) is 0 Å². The third-order valence-electron chi connectivity index (χ3n) is 5.35. The highest BCUT2D eigenvalue weighted by Gasteiger charge is 2.10. The number of imidazole rings is 1. The quantitative estimate of drug-likeness (QED) is 0.367. The highest BCUT2D eigenvalue weighted by atomic mass is 16.1. The van der Waals surface area contributed by atoms with E-state index in [4.69, 9.17) is 6.85 Å². The molecule has 3 heterocycles. The van der Waals surface area contributed by atoms with Crippen LogP contribution in [0.1, 0.15) is 34.0 Å². The van der Waals surface area contributed by atoms with Crippen LogP contribution in [0.15, 0.2) is 90.7 Å². The number of benzene rings is 2. The van der Waals surface area contributed by atoms with Gasteiger partial charge in [-0.15, -0.1) is 0 Å². The second-order valence-corrected chi connectivity index (χ2v) is 8.19. The van der Waals surface area contributed by atoms with Gasteiger partial charge in [-0.1, -0.05) is 6.07 Å². The summed E-state index contributed by atoms with van der Waals surface area (Å²) in [5, 5.41) is 2.87. The zero-order chi connectivity index (χ0) is 29.3. The van der Waals surface area contributed by atoms with E-state index in [9.17, 15) is 4.79 Å². The van der Waals surface area contributed by atoms with Gasteiger partial charge in [-0.25, -0.2) is 15.0 Å². The molecule has 1 amide bonds. The largest absolute Gasteiger partial charge is 0.323 e. The maximum Gasteiger partial charge on any atom is 0.255 e. The van der Waals surface area contributed by atoms with Crippen LogP contribution in [0.5, 0.6) is 0 Å². The van der Waals surface area contributed by atoms with E-state index < -0.39 is 12.8 Å². The van der Waals surface area contributed by atoms with Crippen LogP contribution in [0.3, 0.4) is 0 Å². The van der Waals surface area contributed by atoms with Crippen LogP contribution in [0, 0.1) is 20.7 Å². The summed E-state index contributed by atoms with van der Waals surface area (Å²) in [5.74, 6) is -0.465. The zero-order valence-electron chi connectivity index (χ0n) is 24.6. The predicted octanol–water partition coefficient (Wildman–Crippen LogP) is 5.07. The number of amides is 1. The molecule has 0 unspecified atom stereocenters. The second-order valence-electron chi connectivity index (χ2n) is 8.19. The fourth-order valence-electron chi connectivity index (χ4n) is 3.65. The Balaban J connectivity index is 1.54. The Labute approximate surface area is 215 Å². The number of pyridine rings is 1. The molecule has 8 nitrogen and oxygen atoms in total. The number of nitrogens with one attached hydrogen (secondary N) is 2. The first kappa shape index (κ1) is 17.6. The van der Waals surface area contributed by atoms with Crippen molar-refractivity contribution in [2.75, 3.05) is 5.32 Å². The van der Waals surface area contributed by atoms with Gasteiger partial charge in [-0.05, 0) is 80.3 Å². The molecule has 0 aliphatic carbocycles. The number of nitrogens with zero attached hydrogens (tertiary/aromatic N) is 5. The number of H-pyrrole nitrogens is 1. The predicted molar refractivity (Wildman–Crippen MR) is 139 cm³/mol. The van der Waals surface area contributed by atoms with Gasteiger partial charge in [0.15, 0.2) is 0 Å². The molecule has 36 heavy (non-hydrogen) atoms. The van der Waals surface area contributed by atoms with Crippen LogP contribution in [-0.2, 0) is 0 Å². The minimum absolute atomic E-state index is 0.0190. The number of aryl methyl sites for hydroxylation is 3. The molecule has 5 aromatic rings. The molecule has 0 atom stereocenters. The smallest absolute Gasteiger partial charge is 0.255 e. The van der Waals surface area contributed by atoms with Crippen molar-refractivity contribution >= 4 is 17.3 Å². The lowest BCUT2D eigenvalue weighted by atomic mass is 10.1. The lowest BCUT2D eigenvalue weighted by molar-refractivity contribution is 0.102. The van der Waals surface area contributed by atoms with Crippen molar-refractivity contribution in [3.63, 3.8) is 0 Å². The molecule has 0 aliphatic rings. The SMILES string of the molecule is [2H]c1nc(=Nc2cc(C(=O)Nc3cc(C)cc(-n4cnc(C)c4)c3)ccc2C([2H])([2H])[2H])[nH]c(-c2cccnc2)c1[2H]. The molecule has 0 saturated carbocycles. The molecule has 0 saturated heterocycles. The van der Waals surface area contributed by atoms with Crippen molar-refractivity contribution < 1.29 is 11.6 Å². The molecule has 178 valence electrons. The van der Waals surface area contributed by atoms with E-state index in [1.165, 1.54) is 24.4 Å².